The number of rotatable bonds is 48. The van der Waals surface area contributed by atoms with Gasteiger partial charge in [-0.05, 0) is 25.7 Å². The maximum absolute atomic E-state index is 15.4. The molecule has 0 heterocycles. The molecule has 0 aliphatic carbocycles. The van der Waals surface area contributed by atoms with Crippen molar-refractivity contribution < 1.29 is 299 Å². The predicted molar refractivity (Wildman–Crippen MR) is 397 cm³/mol. The molecule has 0 N–H and O–H groups in total. The van der Waals surface area contributed by atoms with Crippen molar-refractivity contribution in [3.8, 4) is 0 Å². The van der Waals surface area contributed by atoms with Crippen LogP contribution in [0.3, 0.4) is 0 Å². The van der Waals surface area contributed by atoms with Crippen LogP contribution in [0, 0.1) is 0 Å². The van der Waals surface area contributed by atoms with Crippen LogP contribution in [0.2, 0.25) is 76.6 Å². The van der Waals surface area contributed by atoms with Crippen molar-refractivity contribution in [1.82, 2.24) is 0 Å². The fourth-order valence-electron chi connectivity index (χ4n) is 15.0. The van der Waals surface area contributed by atoms with Crippen molar-refractivity contribution in [2.75, 3.05) is 0 Å². The van der Waals surface area contributed by atoms with Gasteiger partial charge in [0.2, 0.25) is 0 Å². The molecule has 149 heavy (non-hydrogen) atoms. The molecule has 4 rings (SSSR count). The first kappa shape index (κ1) is 134. The summed E-state index contributed by atoms with van der Waals surface area (Å²) in [5, 5.41) is -1.55. The van der Waals surface area contributed by atoms with Gasteiger partial charge in [-0.15, -0.1) is 0 Å². The van der Waals surface area contributed by atoms with Crippen LogP contribution < -0.4 is 42.6 Å². The van der Waals surface area contributed by atoms with Crippen LogP contribution in [-0.2, 0) is 0 Å². The van der Waals surface area contributed by atoms with Gasteiger partial charge in [0, 0.05) is 25.7 Å². The number of alkyl halides is 68. The molecule has 0 aliphatic rings. The van der Waals surface area contributed by atoms with Gasteiger partial charge in [0.1, 0.15) is 6.15 Å². The minimum absolute atomic E-state index is 0.387. The Labute approximate surface area is 793 Å². The second kappa shape index (κ2) is 38.8. The van der Waals surface area contributed by atoms with Crippen LogP contribution in [0.15, 0.2) is 97.1 Å². The van der Waals surface area contributed by atoms with Gasteiger partial charge in [0.05, 0.1) is 32.3 Å². The summed E-state index contributed by atoms with van der Waals surface area (Å²) in [5.41, 5.74) is -1.98. The van der Waals surface area contributed by atoms with Gasteiger partial charge in [-0.3, -0.25) is 0 Å². The summed E-state index contributed by atoms with van der Waals surface area (Å²) in [4.78, 5) is 0. The standard InChI is InChI=1S/C76H64BF68Si4/c1-146(2,33-9-29-45(78,79)49(86,87)53(94,95)57(102,103)61(110,111)65(118,119)69(126,127)73(134,135)136)41-21-13-37(14-22-41)77(38-15-23-42(24-16-38)147(3,4)34-10-30-46(80,81)50(88,89)54(96,97)58(104,105)62(112,113)66(120,121)70(128,129)74(137,138)139,39-17-25-43(26-18-39)148(5,6)35-11-31-47(82,83)51(90,91)55(98,99)59(106,107)63(114,115)67(122,123)71(130,131)75(140,141)142)40-19-27-44(28-20-40)149(7,8)36-12-32-48(84,85)52(92,93)56(100,101)60(108,109)64(116,117)68(124,125)72(132,133)76(143,144)145/h13-28H,9-12,29-36H2,1-8H3/q-1. The SMILES string of the molecule is C[Si](C)(CCCC(F)(F)C(F)(F)C(F)(F)C(F)(F)C(F)(F)C(F)(F)C(F)(F)C(F)(F)F)c1ccc([B-](c2ccc([Si](C)(C)CCCC(F)(F)C(F)(F)C(F)(F)C(F)(F)C(F)(F)C(F)(F)C(F)(F)C(F)(F)F)cc2)(c2ccc([Si](C)(C)CCCC(F)(F)C(F)(F)C(F)(F)C(F)(F)C(F)(F)C(F)(F)C(F)(F)C(F)(F)F)cc2)c2ccc([Si](C)(C)CCCC(F)(F)C(F)(F)C(F)(F)C(F)(F)C(F)(F)C(F)(F)C(F)(F)C(F)(F)F)cc2)cc1. The van der Waals surface area contributed by atoms with E-state index in [0.29, 0.717) is 0 Å². The highest BCUT2D eigenvalue weighted by molar-refractivity contribution is 7.20. The molecule has 0 saturated carbocycles. The summed E-state index contributed by atoms with van der Waals surface area (Å²) < 4.78 is 968. The van der Waals surface area contributed by atoms with Gasteiger partial charge in [-0.25, -0.2) is 0 Å². The third kappa shape index (κ3) is 20.5. The average molecular weight is 2390 g/mol. The molecular weight excluding hydrogens is 2330 g/mol. The molecule has 864 valence electrons. The quantitative estimate of drug-likeness (QED) is 0.0305. The lowest BCUT2D eigenvalue weighted by molar-refractivity contribution is -0.461. The molecule has 0 bridgehead atoms. The molecule has 0 radical (unpaired) electrons. The zero-order chi connectivity index (χ0) is 119. The van der Waals surface area contributed by atoms with Gasteiger partial charge < -0.3 is 0 Å². The van der Waals surface area contributed by atoms with Crippen molar-refractivity contribution in [2.45, 2.75) is 318 Å². The first-order valence-electron chi connectivity index (χ1n) is 40.1. The van der Waals surface area contributed by atoms with Crippen molar-refractivity contribution in [2.24, 2.45) is 0 Å². The second-order valence-electron chi connectivity index (χ2n) is 36.9. The average Bonchev–Trinajstić information content (AvgIpc) is 0.700. The van der Waals surface area contributed by atoms with Crippen molar-refractivity contribution in [3.05, 3.63) is 97.1 Å². The van der Waals surface area contributed by atoms with E-state index < -0.39 is 326 Å². The molecule has 0 unspecified atom stereocenters. The molecule has 0 aromatic heterocycles. The van der Waals surface area contributed by atoms with E-state index in [-0.39, 0.29) is 20.7 Å². The Bertz CT molecular complexity index is 4580. The molecule has 0 fully saturated rings. The van der Waals surface area contributed by atoms with Gasteiger partial charge in [-0.2, -0.15) is 320 Å². The zero-order valence-electron chi connectivity index (χ0n) is 74.0. The predicted octanol–water partition coefficient (Wildman–Crippen LogP) is 29.9. The molecule has 4 aromatic rings. The van der Waals surface area contributed by atoms with Gasteiger partial charge in [0.25, 0.3) is 0 Å². The maximum Gasteiger partial charge on any atom is 0.460 e. The normalized spacial score (nSPS) is 16.2. The highest BCUT2D eigenvalue weighted by Crippen LogP contribution is 2.71. The summed E-state index contributed by atoms with van der Waals surface area (Å²) in [6, 6.07) is 7.81. The Kier molecular flexibility index (Phi) is 35.0. The molecule has 0 saturated heterocycles. The van der Waals surface area contributed by atoms with E-state index in [4.69, 9.17) is 0 Å². The lowest BCUT2D eigenvalue weighted by Gasteiger charge is -2.45. The van der Waals surface area contributed by atoms with Crippen molar-refractivity contribution >= 4 is 81.0 Å². The summed E-state index contributed by atoms with van der Waals surface area (Å²) in [7, 11) is -16.7. The minimum atomic E-state index is -9.10. The third-order valence-electron chi connectivity index (χ3n) is 25.1. The van der Waals surface area contributed by atoms with Gasteiger partial charge in [0.15, 0.2) is 0 Å². The molecule has 0 aliphatic heterocycles. The van der Waals surface area contributed by atoms with E-state index in [1.54, 1.807) is 0 Å². The first-order chi connectivity index (χ1) is 64.7. The number of halogens is 68. The largest absolute Gasteiger partial charge is 0.460 e. The zero-order valence-corrected chi connectivity index (χ0v) is 78.0. The Hall–Kier alpha value is -6.95. The van der Waals surface area contributed by atoms with Gasteiger partial charge >= 0.3 is 191 Å². The molecular formula is C76H64BF68Si4-. The Morgan fingerprint density at radius 3 is 0.336 bits per heavy atom. The molecule has 0 spiro atoms. The smallest absolute Gasteiger partial charge is 0.200 e. The molecule has 73 heteroatoms. The van der Waals surface area contributed by atoms with E-state index in [1.165, 1.54) is 0 Å². The summed E-state index contributed by atoms with van der Waals surface area (Å²) in [6.45, 7) is 7.32. The number of benzene rings is 4. The van der Waals surface area contributed by atoms with E-state index in [0.717, 1.165) is 149 Å². The second-order valence-corrected chi connectivity index (χ2v) is 56.3. The fraction of sp³-hybridized carbons (Fsp3) is 0.684. The van der Waals surface area contributed by atoms with Crippen molar-refractivity contribution in [3.63, 3.8) is 0 Å². The van der Waals surface area contributed by atoms with E-state index in [1.807, 2.05) is 0 Å². The third-order valence-corrected chi connectivity index (χ3v) is 39.1. The van der Waals surface area contributed by atoms with E-state index in [9.17, 15) is 228 Å². The lowest BCUT2D eigenvalue weighted by Crippen LogP contribution is -2.75. The summed E-state index contributed by atoms with van der Waals surface area (Å²) >= 11 is 0. The van der Waals surface area contributed by atoms with Gasteiger partial charge in [-0.1, -0.05) is 194 Å². The number of hydrogen-bond donors (Lipinski definition) is 0. The Balaban J connectivity index is 2.15. The van der Waals surface area contributed by atoms with Crippen LogP contribution in [0.25, 0.3) is 0 Å². The molecule has 0 nitrogen and oxygen atoms in total. The summed E-state index contributed by atoms with van der Waals surface area (Å²) in [6.07, 6.45) is -56.2. The first-order valence-corrected chi connectivity index (χ1v) is 52.9. The monoisotopic (exact) mass is 2390 g/mol. The maximum atomic E-state index is 15.4. The van der Waals surface area contributed by atoms with Crippen LogP contribution >= 0.6 is 0 Å². The van der Waals surface area contributed by atoms with Crippen LogP contribution in [0.1, 0.15) is 51.4 Å². The number of hydrogen-bond acceptors (Lipinski definition) is 0. The van der Waals surface area contributed by atoms with Crippen LogP contribution in [-0.4, -0.2) is 229 Å². The fourth-order valence-corrected chi connectivity index (χ4v) is 24.7. The minimum Gasteiger partial charge on any atom is -0.200 e. The summed E-state index contributed by atoms with van der Waals surface area (Å²) in [5.74, 6) is -239. The highest BCUT2D eigenvalue weighted by Gasteiger charge is 3.01. The van der Waals surface area contributed by atoms with E-state index >= 15 is 70.2 Å². The topological polar surface area (TPSA) is 0 Å². The Morgan fingerprint density at radius 1 is 0.141 bits per heavy atom. The molecule has 0 atom stereocenters. The van der Waals surface area contributed by atoms with Crippen LogP contribution in [0.4, 0.5) is 299 Å². The van der Waals surface area contributed by atoms with E-state index in [2.05, 4.69) is 0 Å². The lowest BCUT2D eigenvalue weighted by atomic mass is 9.13. The highest BCUT2D eigenvalue weighted by atomic mass is 28.3. The van der Waals surface area contributed by atoms with Crippen LogP contribution in [0.5, 0.6) is 0 Å². The molecule has 4 aromatic carbocycles. The Morgan fingerprint density at radius 2 is 0.235 bits per heavy atom. The van der Waals surface area contributed by atoms with Crippen molar-refractivity contribution in [1.29, 1.82) is 0 Å². The molecule has 0 amide bonds.